The predicted molar refractivity (Wildman–Crippen MR) is 49.1 cm³/mol. The number of nitrogens with two attached hydrogens (primary N) is 1. The molecule has 1 rings (SSSR count). The Morgan fingerprint density at radius 3 is 2.21 bits per heavy atom. The highest BCUT2D eigenvalue weighted by Crippen LogP contribution is 2.21. The molecule has 0 aromatic heterocycles. The fourth-order valence-electron chi connectivity index (χ4n) is 1.13. The van der Waals surface area contributed by atoms with E-state index in [-0.39, 0.29) is 0 Å². The standard InChI is InChI=1S/C9H12F2N2O/c1-14-7-4-2-6(3-5-7)8(13-12)9(10)11/h2-5,8-9,13H,12H2,1H3. The number of alkyl halides is 2. The van der Waals surface area contributed by atoms with E-state index in [4.69, 9.17) is 10.6 Å². The van der Waals surface area contributed by atoms with Crippen molar-refractivity contribution in [1.29, 1.82) is 0 Å². The third kappa shape index (κ3) is 2.40. The van der Waals surface area contributed by atoms with E-state index in [1.54, 1.807) is 24.3 Å². The molecule has 1 atom stereocenters. The summed E-state index contributed by atoms with van der Waals surface area (Å²) in [7, 11) is 1.51. The molecule has 0 spiro atoms. The molecule has 0 aliphatic carbocycles. The third-order valence-corrected chi connectivity index (χ3v) is 1.91. The number of halogens is 2. The molecule has 0 amide bonds. The van der Waals surface area contributed by atoms with E-state index in [1.165, 1.54) is 7.11 Å². The maximum absolute atomic E-state index is 12.4. The number of benzene rings is 1. The van der Waals surface area contributed by atoms with Gasteiger partial charge in [0.15, 0.2) is 0 Å². The lowest BCUT2D eigenvalue weighted by atomic mass is 10.1. The minimum atomic E-state index is -2.53. The van der Waals surface area contributed by atoms with Gasteiger partial charge >= 0.3 is 0 Å². The van der Waals surface area contributed by atoms with Crippen LogP contribution in [0.1, 0.15) is 11.6 Å². The first-order valence-electron chi connectivity index (χ1n) is 4.07. The van der Waals surface area contributed by atoms with Gasteiger partial charge in [0, 0.05) is 0 Å². The van der Waals surface area contributed by atoms with E-state index < -0.39 is 12.5 Å². The number of rotatable bonds is 4. The van der Waals surface area contributed by atoms with Crippen LogP contribution >= 0.6 is 0 Å². The van der Waals surface area contributed by atoms with Crippen LogP contribution in [0.5, 0.6) is 5.75 Å². The van der Waals surface area contributed by atoms with Crippen molar-refractivity contribution in [2.75, 3.05) is 7.11 Å². The zero-order chi connectivity index (χ0) is 10.6. The zero-order valence-electron chi connectivity index (χ0n) is 7.71. The highest BCUT2D eigenvalue weighted by molar-refractivity contribution is 5.29. The van der Waals surface area contributed by atoms with Crippen molar-refractivity contribution in [3.63, 3.8) is 0 Å². The van der Waals surface area contributed by atoms with Gasteiger partial charge in [0.2, 0.25) is 0 Å². The van der Waals surface area contributed by atoms with Crippen molar-refractivity contribution in [3.8, 4) is 5.75 Å². The van der Waals surface area contributed by atoms with Gasteiger partial charge in [-0.15, -0.1) is 0 Å². The highest BCUT2D eigenvalue weighted by atomic mass is 19.3. The molecule has 14 heavy (non-hydrogen) atoms. The van der Waals surface area contributed by atoms with Crippen LogP contribution in [0.4, 0.5) is 8.78 Å². The van der Waals surface area contributed by atoms with Crippen molar-refractivity contribution in [1.82, 2.24) is 5.43 Å². The Morgan fingerprint density at radius 2 is 1.86 bits per heavy atom. The summed E-state index contributed by atoms with van der Waals surface area (Å²) in [6, 6.07) is 5.19. The van der Waals surface area contributed by atoms with Gasteiger partial charge < -0.3 is 4.74 Å². The molecule has 1 aromatic rings. The van der Waals surface area contributed by atoms with Crippen LogP contribution in [0.3, 0.4) is 0 Å². The fourth-order valence-corrected chi connectivity index (χ4v) is 1.13. The van der Waals surface area contributed by atoms with Crippen molar-refractivity contribution >= 4 is 0 Å². The topological polar surface area (TPSA) is 47.3 Å². The van der Waals surface area contributed by atoms with Gasteiger partial charge in [0.25, 0.3) is 6.43 Å². The minimum absolute atomic E-state index is 0.434. The lowest BCUT2D eigenvalue weighted by molar-refractivity contribution is 0.0986. The fraction of sp³-hybridized carbons (Fsp3) is 0.333. The molecular formula is C9H12F2N2O. The molecular weight excluding hydrogens is 190 g/mol. The minimum Gasteiger partial charge on any atom is -0.497 e. The SMILES string of the molecule is COc1ccc(C(NN)C(F)F)cc1. The van der Waals surface area contributed by atoms with Gasteiger partial charge in [0.1, 0.15) is 11.8 Å². The molecule has 78 valence electrons. The molecule has 0 saturated heterocycles. The molecule has 0 saturated carbocycles. The number of hydrogen-bond acceptors (Lipinski definition) is 3. The van der Waals surface area contributed by atoms with Crippen LogP contribution < -0.4 is 16.0 Å². The molecule has 0 bridgehead atoms. The summed E-state index contributed by atoms with van der Waals surface area (Å²) in [5.41, 5.74) is 2.50. The lowest BCUT2D eigenvalue weighted by Crippen LogP contribution is -2.32. The van der Waals surface area contributed by atoms with Gasteiger partial charge in [0.05, 0.1) is 7.11 Å². The van der Waals surface area contributed by atoms with Gasteiger partial charge in [-0.1, -0.05) is 12.1 Å². The third-order valence-electron chi connectivity index (χ3n) is 1.91. The van der Waals surface area contributed by atoms with Crippen molar-refractivity contribution in [3.05, 3.63) is 29.8 Å². The second-order valence-corrected chi connectivity index (χ2v) is 2.75. The summed E-state index contributed by atoms with van der Waals surface area (Å²) in [6.07, 6.45) is -2.53. The molecule has 0 aliphatic heterocycles. The van der Waals surface area contributed by atoms with E-state index in [2.05, 4.69) is 5.43 Å². The van der Waals surface area contributed by atoms with Crippen LogP contribution in [0.25, 0.3) is 0 Å². The summed E-state index contributed by atoms with van der Waals surface area (Å²) < 4.78 is 29.7. The molecule has 1 unspecified atom stereocenters. The van der Waals surface area contributed by atoms with Crippen LogP contribution in [-0.2, 0) is 0 Å². The predicted octanol–water partition coefficient (Wildman–Crippen LogP) is 1.46. The Hall–Kier alpha value is -1.20. The molecule has 0 heterocycles. The monoisotopic (exact) mass is 202 g/mol. The summed E-state index contributed by atoms with van der Waals surface area (Å²) in [5, 5.41) is 0. The zero-order valence-corrected chi connectivity index (χ0v) is 7.71. The molecule has 5 heteroatoms. The average molecular weight is 202 g/mol. The summed E-state index contributed by atoms with van der Waals surface area (Å²) in [5.74, 6) is 5.64. The second kappa shape index (κ2) is 4.88. The van der Waals surface area contributed by atoms with Crippen LogP contribution in [-0.4, -0.2) is 13.5 Å². The first-order valence-corrected chi connectivity index (χ1v) is 4.07. The van der Waals surface area contributed by atoms with E-state index in [9.17, 15) is 8.78 Å². The van der Waals surface area contributed by atoms with Gasteiger partial charge in [-0.25, -0.2) is 14.2 Å². The van der Waals surface area contributed by atoms with E-state index in [0.29, 0.717) is 11.3 Å². The quantitative estimate of drug-likeness (QED) is 0.574. The Bertz CT molecular complexity index is 277. The van der Waals surface area contributed by atoms with Gasteiger partial charge in [-0.3, -0.25) is 5.84 Å². The van der Waals surface area contributed by atoms with Crippen molar-refractivity contribution in [2.24, 2.45) is 5.84 Å². The number of nitrogens with one attached hydrogen (secondary N) is 1. The van der Waals surface area contributed by atoms with Crippen LogP contribution in [0.15, 0.2) is 24.3 Å². The number of hydrazine groups is 1. The average Bonchev–Trinajstić information content (AvgIpc) is 2.19. The summed E-state index contributed by atoms with van der Waals surface area (Å²) in [4.78, 5) is 0. The Balaban J connectivity index is 2.84. The highest BCUT2D eigenvalue weighted by Gasteiger charge is 2.20. The first kappa shape index (κ1) is 10.9. The van der Waals surface area contributed by atoms with Crippen LogP contribution in [0, 0.1) is 0 Å². The lowest BCUT2D eigenvalue weighted by Gasteiger charge is -2.15. The summed E-state index contributed by atoms with van der Waals surface area (Å²) in [6.45, 7) is 0. The molecule has 0 aliphatic rings. The summed E-state index contributed by atoms with van der Waals surface area (Å²) >= 11 is 0. The molecule has 3 N–H and O–H groups in total. The number of hydrogen-bond donors (Lipinski definition) is 2. The smallest absolute Gasteiger partial charge is 0.259 e. The Labute approximate surface area is 80.8 Å². The van der Waals surface area contributed by atoms with E-state index in [0.717, 1.165) is 0 Å². The molecule has 3 nitrogen and oxygen atoms in total. The molecule has 1 aromatic carbocycles. The number of methoxy groups -OCH3 is 1. The van der Waals surface area contributed by atoms with Crippen LogP contribution in [0.2, 0.25) is 0 Å². The Morgan fingerprint density at radius 1 is 1.29 bits per heavy atom. The maximum atomic E-state index is 12.4. The molecule has 0 fully saturated rings. The number of ether oxygens (including phenoxy) is 1. The molecule has 0 radical (unpaired) electrons. The van der Waals surface area contributed by atoms with Gasteiger partial charge in [-0.05, 0) is 17.7 Å². The second-order valence-electron chi connectivity index (χ2n) is 2.75. The maximum Gasteiger partial charge on any atom is 0.259 e. The normalized spacial score (nSPS) is 12.9. The van der Waals surface area contributed by atoms with Gasteiger partial charge in [-0.2, -0.15) is 0 Å². The van der Waals surface area contributed by atoms with Crippen molar-refractivity contribution < 1.29 is 13.5 Å². The van der Waals surface area contributed by atoms with E-state index in [1.807, 2.05) is 0 Å². The largest absolute Gasteiger partial charge is 0.497 e. The Kier molecular flexibility index (Phi) is 3.79. The van der Waals surface area contributed by atoms with Crippen molar-refractivity contribution in [2.45, 2.75) is 12.5 Å². The first-order chi connectivity index (χ1) is 6.69. The van der Waals surface area contributed by atoms with E-state index >= 15 is 0 Å².